The van der Waals surface area contributed by atoms with Gasteiger partial charge >= 0.3 is 6.03 Å². The van der Waals surface area contributed by atoms with Crippen molar-refractivity contribution in [2.24, 2.45) is 5.92 Å². The van der Waals surface area contributed by atoms with Crippen LogP contribution in [0, 0.1) is 5.92 Å². The summed E-state index contributed by atoms with van der Waals surface area (Å²) in [5, 5.41) is 3.58. The molecule has 0 radical (unpaired) electrons. The number of urea groups is 1. The Kier molecular flexibility index (Phi) is 5.79. The molecular weight excluding hydrogens is 366 g/mol. The second kappa shape index (κ2) is 8.32. The molecule has 1 aromatic carbocycles. The molecule has 0 saturated carbocycles. The highest BCUT2D eigenvalue weighted by atomic mass is 16.2. The number of nitrogens with one attached hydrogen (secondary N) is 1. The van der Waals surface area contributed by atoms with Crippen molar-refractivity contribution in [3.8, 4) is 0 Å². The van der Waals surface area contributed by atoms with Crippen molar-refractivity contribution in [3.63, 3.8) is 0 Å². The molecule has 158 valence electrons. The largest absolute Gasteiger partial charge is 0.343 e. The summed E-state index contributed by atoms with van der Waals surface area (Å²) in [6, 6.07) is 9.80. The van der Waals surface area contributed by atoms with Crippen LogP contribution in [0.1, 0.15) is 39.5 Å². The first-order valence-corrected chi connectivity index (χ1v) is 10.9. The number of likely N-dealkylation sites (N-methyl/N-ethyl adjacent to an activating group) is 1. The van der Waals surface area contributed by atoms with Gasteiger partial charge in [0.05, 0.1) is 0 Å². The number of unbranched alkanes of at least 4 members (excludes halogenated alkanes) is 3. The fraction of sp³-hybridized carbons (Fsp3) is 0.636. The van der Waals surface area contributed by atoms with Crippen LogP contribution in [0.3, 0.4) is 0 Å². The summed E-state index contributed by atoms with van der Waals surface area (Å²) in [4.78, 5) is 34.1. The van der Waals surface area contributed by atoms with Gasteiger partial charge in [0.25, 0.3) is 5.91 Å². The molecule has 0 aromatic heterocycles. The fourth-order valence-corrected chi connectivity index (χ4v) is 4.94. The fourth-order valence-electron chi connectivity index (χ4n) is 4.94. The number of benzene rings is 1. The number of amides is 3. The van der Waals surface area contributed by atoms with E-state index in [9.17, 15) is 9.59 Å². The molecule has 29 heavy (non-hydrogen) atoms. The Morgan fingerprint density at radius 2 is 1.83 bits per heavy atom. The molecule has 3 heterocycles. The van der Waals surface area contributed by atoms with Crippen LogP contribution in [-0.2, 0) is 4.79 Å². The maximum Gasteiger partial charge on any atom is 0.327 e. The van der Waals surface area contributed by atoms with Crippen molar-refractivity contribution in [2.75, 3.05) is 31.6 Å². The third-order valence-electron chi connectivity index (χ3n) is 6.41. The van der Waals surface area contributed by atoms with Crippen LogP contribution in [0.25, 0.3) is 0 Å². The molecule has 3 aliphatic heterocycles. The van der Waals surface area contributed by atoms with Gasteiger partial charge in [0.15, 0.2) is 0 Å². The second-order valence-corrected chi connectivity index (χ2v) is 8.66. The number of anilines is 1. The third-order valence-corrected chi connectivity index (χ3v) is 6.41. The van der Waals surface area contributed by atoms with Crippen LogP contribution in [0.5, 0.6) is 0 Å². The van der Waals surface area contributed by atoms with E-state index in [2.05, 4.69) is 41.1 Å². The zero-order valence-electron chi connectivity index (χ0n) is 17.8. The number of hydrogen-bond acceptors (Lipinski definition) is 5. The van der Waals surface area contributed by atoms with Crippen LogP contribution in [-0.4, -0.2) is 71.8 Å². The third kappa shape index (κ3) is 3.62. The smallest absolute Gasteiger partial charge is 0.327 e. The Morgan fingerprint density at radius 3 is 2.55 bits per heavy atom. The summed E-state index contributed by atoms with van der Waals surface area (Å²) < 4.78 is 0. The van der Waals surface area contributed by atoms with Gasteiger partial charge in [-0.15, -0.1) is 0 Å². The molecule has 3 saturated heterocycles. The second-order valence-electron chi connectivity index (χ2n) is 8.66. The van der Waals surface area contributed by atoms with Crippen molar-refractivity contribution in [1.82, 2.24) is 20.0 Å². The maximum absolute atomic E-state index is 13.4. The van der Waals surface area contributed by atoms with E-state index in [1.165, 1.54) is 4.90 Å². The topological polar surface area (TPSA) is 59.1 Å². The van der Waals surface area contributed by atoms with Crippen molar-refractivity contribution < 1.29 is 9.59 Å². The molecule has 0 aliphatic carbocycles. The van der Waals surface area contributed by atoms with Crippen LogP contribution in [0.15, 0.2) is 30.3 Å². The highest BCUT2D eigenvalue weighted by molar-refractivity contribution is 6.00. The number of carbonyl (C=O) groups excluding carboxylic acids is 2. The van der Waals surface area contributed by atoms with E-state index in [1.54, 1.807) is 4.90 Å². The van der Waals surface area contributed by atoms with Gasteiger partial charge in [-0.3, -0.25) is 19.9 Å². The number of imide groups is 1. The van der Waals surface area contributed by atoms with E-state index in [4.69, 9.17) is 0 Å². The van der Waals surface area contributed by atoms with E-state index in [0.717, 1.165) is 44.5 Å². The van der Waals surface area contributed by atoms with Gasteiger partial charge in [0, 0.05) is 32.4 Å². The summed E-state index contributed by atoms with van der Waals surface area (Å²) >= 11 is 0. The Morgan fingerprint density at radius 1 is 1.07 bits per heavy atom. The SMILES string of the molecule is CCCCCCN1C(=O)C2C(NC3N(c4ccccc4)CC(C)CN23)N(C)C1=O. The standard InChI is InChI=1S/C22H33N5O2/c1-4-5-6-10-13-25-20(28)18-19(24(3)22(25)29)23-21-26(14-16(2)15-27(18)21)17-11-8-7-9-12-17/h7-9,11-12,16,18-19,21,23H,4-6,10,13-15H2,1-3H3. The van der Waals surface area contributed by atoms with Crippen LogP contribution < -0.4 is 10.2 Å². The van der Waals surface area contributed by atoms with Gasteiger partial charge in [-0.1, -0.05) is 51.3 Å². The lowest BCUT2D eigenvalue weighted by molar-refractivity contribution is -0.138. The molecule has 0 bridgehead atoms. The lowest BCUT2D eigenvalue weighted by Crippen LogP contribution is -2.66. The molecule has 1 aromatic rings. The Balaban J connectivity index is 1.57. The predicted molar refractivity (Wildman–Crippen MR) is 113 cm³/mol. The summed E-state index contributed by atoms with van der Waals surface area (Å²) in [5.74, 6) is 0.382. The highest BCUT2D eigenvalue weighted by Crippen LogP contribution is 2.34. The summed E-state index contributed by atoms with van der Waals surface area (Å²) in [6.45, 7) is 6.67. The monoisotopic (exact) mass is 399 g/mol. The molecule has 3 aliphatic rings. The van der Waals surface area contributed by atoms with Gasteiger partial charge in [-0.05, 0) is 24.5 Å². The van der Waals surface area contributed by atoms with Gasteiger partial charge in [-0.25, -0.2) is 4.79 Å². The van der Waals surface area contributed by atoms with E-state index in [1.807, 2.05) is 25.2 Å². The summed E-state index contributed by atoms with van der Waals surface area (Å²) in [6.07, 6.45) is 3.83. The van der Waals surface area contributed by atoms with Crippen LogP contribution in [0.4, 0.5) is 10.5 Å². The van der Waals surface area contributed by atoms with Crippen molar-refractivity contribution >= 4 is 17.6 Å². The highest BCUT2D eigenvalue weighted by Gasteiger charge is 2.56. The van der Waals surface area contributed by atoms with Gasteiger partial charge < -0.3 is 9.80 Å². The Bertz CT molecular complexity index is 742. The van der Waals surface area contributed by atoms with E-state index in [-0.39, 0.29) is 30.4 Å². The lowest BCUT2D eigenvalue weighted by atomic mass is 10.0. The average Bonchev–Trinajstić information content (AvgIpc) is 3.11. The molecule has 0 spiro atoms. The molecule has 3 amide bonds. The molecule has 4 unspecified atom stereocenters. The lowest BCUT2D eigenvalue weighted by Gasteiger charge is -2.46. The number of nitrogens with zero attached hydrogens (tertiary/aromatic N) is 4. The minimum absolute atomic E-state index is 0.0493. The number of rotatable bonds is 6. The first kappa shape index (κ1) is 20.2. The summed E-state index contributed by atoms with van der Waals surface area (Å²) in [7, 11) is 1.81. The van der Waals surface area contributed by atoms with Crippen molar-refractivity contribution in [1.29, 1.82) is 0 Å². The van der Waals surface area contributed by atoms with E-state index in [0.29, 0.717) is 12.5 Å². The number of para-hydroxylation sites is 1. The van der Waals surface area contributed by atoms with Crippen molar-refractivity contribution in [2.45, 2.75) is 58.0 Å². The zero-order valence-corrected chi connectivity index (χ0v) is 17.8. The molecular formula is C22H33N5O2. The van der Waals surface area contributed by atoms with Crippen molar-refractivity contribution in [3.05, 3.63) is 30.3 Å². The molecule has 7 nitrogen and oxygen atoms in total. The number of carbonyl (C=O) groups is 2. The minimum atomic E-state index is -0.331. The zero-order chi connectivity index (χ0) is 20.5. The van der Waals surface area contributed by atoms with Gasteiger partial charge in [0.2, 0.25) is 0 Å². The van der Waals surface area contributed by atoms with Gasteiger partial charge in [0.1, 0.15) is 18.5 Å². The van der Waals surface area contributed by atoms with Crippen LogP contribution >= 0.6 is 0 Å². The van der Waals surface area contributed by atoms with Gasteiger partial charge in [-0.2, -0.15) is 0 Å². The molecule has 3 fully saturated rings. The Hall–Kier alpha value is -2.12. The average molecular weight is 400 g/mol. The van der Waals surface area contributed by atoms with E-state index >= 15 is 0 Å². The molecule has 1 N–H and O–H groups in total. The quantitative estimate of drug-likeness (QED) is 0.745. The Labute approximate surface area is 173 Å². The number of hydrogen-bond donors (Lipinski definition) is 1. The molecule has 4 rings (SSSR count). The predicted octanol–water partition coefficient (Wildman–Crippen LogP) is 2.50. The van der Waals surface area contributed by atoms with Crippen LogP contribution in [0.2, 0.25) is 0 Å². The maximum atomic E-state index is 13.4. The first-order chi connectivity index (χ1) is 14.0. The normalized spacial score (nSPS) is 30.0. The first-order valence-electron chi connectivity index (χ1n) is 10.9. The molecule has 7 heteroatoms. The molecule has 4 atom stereocenters. The summed E-state index contributed by atoms with van der Waals surface area (Å²) in [5.41, 5.74) is 1.14. The number of fused-ring (bicyclic) bond motifs is 3. The van der Waals surface area contributed by atoms with E-state index < -0.39 is 0 Å². The minimum Gasteiger partial charge on any atom is -0.343 e.